The van der Waals surface area contributed by atoms with E-state index in [1.807, 2.05) is 0 Å². The van der Waals surface area contributed by atoms with Gasteiger partial charge in [-0.1, -0.05) is 22.9 Å². The molecule has 0 radical (unpaired) electrons. The summed E-state index contributed by atoms with van der Waals surface area (Å²) in [4.78, 5) is 0. The Kier molecular flexibility index (Phi) is 1.70. The number of halogens is 2. The molecule has 0 spiro atoms. The summed E-state index contributed by atoms with van der Waals surface area (Å²) < 4.78 is 13.6. The molecule has 2 rings (SSSR count). The van der Waals surface area contributed by atoms with Crippen LogP contribution in [-0.4, -0.2) is 5.11 Å². The minimum absolute atomic E-state index is 0.0836. The zero-order valence-electron chi connectivity index (χ0n) is 5.84. The van der Waals surface area contributed by atoms with Crippen molar-refractivity contribution in [2.75, 3.05) is 0 Å². The molecule has 0 atom stereocenters. The van der Waals surface area contributed by atoms with Gasteiger partial charge in [-0.25, -0.2) is 4.39 Å². The van der Waals surface area contributed by atoms with E-state index in [4.69, 9.17) is 16.7 Å². The average molecular weight is 203 g/mol. The normalized spacial score (nSPS) is 10.8. The van der Waals surface area contributed by atoms with Gasteiger partial charge in [-0.2, -0.15) is 0 Å². The summed E-state index contributed by atoms with van der Waals surface area (Å²) in [5.74, 6) is -0.453. The lowest BCUT2D eigenvalue weighted by molar-refractivity contribution is 0.491. The van der Waals surface area contributed by atoms with Crippen molar-refractivity contribution >= 4 is 33.0 Å². The van der Waals surface area contributed by atoms with Gasteiger partial charge in [0.05, 0.1) is 5.02 Å². The Bertz CT molecular complexity index is 399. The van der Waals surface area contributed by atoms with Crippen molar-refractivity contribution in [3.8, 4) is 5.06 Å². The highest BCUT2D eigenvalue weighted by Crippen LogP contribution is 2.33. The molecule has 62 valence electrons. The third-order valence-electron chi connectivity index (χ3n) is 1.55. The van der Waals surface area contributed by atoms with Gasteiger partial charge in [0.25, 0.3) is 0 Å². The number of hydrogen-bond donors (Lipinski definition) is 1. The number of aromatic hydroxyl groups is 1. The van der Waals surface area contributed by atoms with Crippen LogP contribution < -0.4 is 0 Å². The third kappa shape index (κ3) is 1.15. The number of fused-ring (bicyclic) bond motifs is 1. The second-order valence-corrected chi connectivity index (χ2v) is 3.86. The number of benzene rings is 1. The zero-order valence-corrected chi connectivity index (χ0v) is 7.42. The number of thiophene rings is 1. The molecular weight excluding hydrogens is 199 g/mol. The third-order valence-corrected chi connectivity index (χ3v) is 2.74. The van der Waals surface area contributed by atoms with Gasteiger partial charge in [0.1, 0.15) is 5.82 Å². The fourth-order valence-corrected chi connectivity index (χ4v) is 2.00. The van der Waals surface area contributed by atoms with Crippen LogP contribution in [0.4, 0.5) is 4.39 Å². The van der Waals surface area contributed by atoms with Gasteiger partial charge in [0, 0.05) is 4.70 Å². The Balaban J connectivity index is 2.83. The number of hydrogen-bond acceptors (Lipinski definition) is 2. The van der Waals surface area contributed by atoms with Crippen molar-refractivity contribution in [2.45, 2.75) is 0 Å². The highest BCUT2D eigenvalue weighted by atomic mass is 35.5. The van der Waals surface area contributed by atoms with Crippen molar-refractivity contribution < 1.29 is 9.50 Å². The molecule has 0 aliphatic heterocycles. The van der Waals surface area contributed by atoms with Gasteiger partial charge in [0.15, 0.2) is 5.06 Å². The first-order valence-corrected chi connectivity index (χ1v) is 4.44. The predicted molar refractivity (Wildman–Crippen MR) is 48.5 cm³/mol. The summed E-state index contributed by atoms with van der Waals surface area (Å²) in [6.45, 7) is 0. The Hall–Kier alpha value is -0.800. The summed E-state index contributed by atoms with van der Waals surface area (Å²) in [5.41, 5.74) is 0. The summed E-state index contributed by atoms with van der Waals surface area (Å²) in [6, 6.07) is 4.38. The van der Waals surface area contributed by atoms with Gasteiger partial charge >= 0.3 is 0 Å². The average Bonchev–Trinajstić information content (AvgIpc) is 2.30. The van der Waals surface area contributed by atoms with Crippen molar-refractivity contribution in [1.29, 1.82) is 0 Å². The topological polar surface area (TPSA) is 20.2 Å². The second-order valence-electron chi connectivity index (χ2n) is 2.39. The standard InChI is InChI=1S/C8H4ClFOS/c9-5-1-4-2-8(11)12-7(4)3-6(5)10/h1-3,11H. The van der Waals surface area contributed by atoms with Gasteiger partial charge < -0.3 is 5.11 Å². The van der Waals surface area contributed by atoms with E-state index in [-0.39, 0.29) is 10.1 Å². The second kappa shape index (κ2) is 2.61. The molecule has 1 nitrogen and oxygen atoms in total. The molecule has 0 aliphatic carbocycles. The lowest BCUT2D eigenvalue weighted by Crippen LogP contribution is -1.73. The molecule has 0 amide bonds. The van der Waals surface area contributed by atoms with Crippen LogP contribution in [0.3, 0.4) is 0 Å². The van der Waals surface area contributed by atoms with Gasteiger partial charge in [-0.3, -0.25) is 0 Å². The van der Waals surface area contributed by atoms with E-state index in [2.05, 4.69) is 0 Å². The highest BCUT2D eigenvalue weighted by molar-refractivity contribution is 7.20. The van der Waals surface area contributed by atoms with Crippen LogP contribution in [0, 0.1) is 5.82 Å². The molecule has 1 heterocycles. The lowest BCUT2D eigenvalue weighted by atomic mass is 10.2. The first-order valence-electron chi connectivity index (χ1n) is 3.24. The summed E-state index contributed by atoms with van der Waals surface area (Å²) in [6.07, 6.45) is 0. The van der Waals surface area contributed by atoms with Crippen LogP contribution in [-0.2, 0) is 0 Å². The quantitative estimate of drug-likeness (QED) is 0.694. The van der Waals surface area contributed by atoms with Crippen molar-refractivity contribution in [2.24, 2.45) is 0 Å². The van der Waals surface area contributed by atoms with Crippen LogP contribution in [0.2, 0.25) is 5.02 Å². The zero-order chi connectivity index (χ0) is 8.72. The lowest BCUT2D eigenvalue weighted by Gasteiger charge is -1.92. The van der Waals surface area contributed by atoms with E-state index in [1.165, 1.54) is 12.1 Å². The first-order chi connectivity index (χ1) is 5.66. The molecule has 4 heteroatoms. The smallest absolute Gasteiger partial charge is 0.172 e. The molecular formula is C8H4ClFOS. The monoisotopic (exact) mass is 202 g/mol. The van der Waals surface area contributed by atoms with Crippen LogP contribution in [0.15, 0.2) is 18.2 Å². The Morgan fingerprint density at radius 3 is 2.83 bits per heavy atom. The number of rotatable bonds is 0. The molecule has 0 bridgehead atoms. The van der Waals surface area contributed by atoms with E-state index in [1.54, 1.807) is 6.07 Å². The molecule has 0 saturated carbocycles. The molecule has 1 aromatic heterocycles. The van der Waals surface area contributed by atoms with Crippen molar-refractivity contribution in [1.82, 2.24) is 0 Å². The maximum atomic E-state index is 12.9. The van der Waals surface area contributed by atoms with E-state index < -0.39 is 5.82 Å². The predicted octanol–water partition coefficient (Wildman–Crippen LogP) is 3.40. The van der Waals surface area contributed by atoms with Crippen LogP contribution >= 0.6 is 22.9 Å². The highest BCUT2D eigenvalue weighted by Gasteiger charge is 2.05. The van der Waals surface area contributed by atoms with Gasteiger partial charge in [0.2, 0.25) is 0 Å². The van der Waals surface area contributed by atoms with E-state index >= 15 is 0 Å². The van der Waals surface area contributed by atoms with Crippen LogP contribution in [0.5, 0.6) is 5.06 Å². The Morgan fingerprint density at radius 1 is 1.33 bits per heavy atom. The van der Waals surface area contributed by atoms with Gasteiger partial charge in [-0.05, 0) is 23.6 Å². The first kappa shape index (κ1) is 7.83. The van der Waals surface area contributed by atoms with Crippen molar-refractivity contribution in [3.63, 3.8) is 0 Å². The summed E-state index contributed by atoms with van der Waals surface area (Å²) in [7, 11) is 0. The molecule has 0 unspecified atom stereocenters. The molecule has 12 heavy (non-hydrogen) atoms. The molecule has 1 N–H and O–H groups in total. The molecule has 1 aromatic carbocycles. The van der Waals surface area contributed by atoms with E-state index in [0.717, 1.165) is 16.7 Å². The minimum Gasteiger partial charge on any atom is -0.499 e. The maximum absolute atomic E-state index is 12.9. The molecule has 0 fully saturated rings. The Labute approximate surface area is 77.0 Å². The molecule has 2 aromatic rings. The van der Waals surface area contributed by atoms with Crippen molar-refractivity contribution in [3.05, 3.63) is 29.0 Å². The van der Waals surface area contributed by atoms with E-state index in [0.29, 0.717) is 4.70 Å². The Morgan fingerprint density at radius 2 is 2.08 bits per heavy atom. The minimum atomic E-state index is -0.453. The van der Waals surface area contributed by atoms with Crippen LogP contribution in [0.1, 0.15) is 0 Å². The summed E-state index contributed by atoms with van der Waals surface area (Å²) >= 11 is 6.68. The van der Waals surface area contributed by atoms with E-state index in [9.17, 15) is 4.39 Å². The summed E-state index contributed by atoms with van der Waals surface area (Å²) in [5, 5.41) is 10.1. The van der Waals surface area contributed by atoms with Gasteiger partial charge in [-0.15, -0.1) is 0 Å². The molecule has 0 saturated heterocycles. The fraction of sp³-hybridized carbons (Fsp3) is 0. The fourth-order valence-electron chi connectivity index (χ4n) is 1.02. The largest absolute Gasteiger partial charge is 0.499 e. The SMILES string of the molecule is Oc1cc2cc(Cl)c(F)cc2s1. The maximum Gasteiger partial charge on any atom is 0.172 e. The molecule has 0 aliphatic rings. The van der Waals surface area contributed by atoms with Crippen LogP contribution in [0.25, 0.3) is 10.1 Å².